The van der Waals surface area contributed by atoms with Crippen molar-refractivity contribution in [1.29, 1.82) is 0 Å². The van der Waals surface area contributed by atoms with Gasteiger partial charge in [0, 0.05) is 23.0 Å². The highest BCUT2D eigenvalue weighted by Crippen LogP contribution is 2.28. The zero-order valence-electron chi connectivity index (χ0n) is 10.8. The standard InChI is InChI=1S/C13H19ClN2OS/c1-3-7-16-13(17)9-18-12-6-4-5-11(14)10(12)8-15-2/h4-6,15H,3,7-9H2,1-2H3,(H,16,17). The Labute approximate surface area is 118 Å². The predicted molar refractivity (Wildman–Crippen MR) is 78.2 cm³/mol. The van der Waals surface area contributed by atoms with Gasteiger partial charge in [-0.1, -0.05) is 24.6 Å². The van der Waals surface area contributed by atoms with Gasteiger partial charge in [0.1, 0.15) is 0 Å². The molecule has 1 rings (SSSR count). The van der Waals surface area contributed by atoms with Crippen LogP contribution in [0.3, 0.4) is 0 Å². The van der Waals surface area contributed by atoms with Gasteiger partial charge in [0.25, 0.3) is 0 Å². The van der Waals surface area contributed by atoms with Crippen molar-refractivity contribution < 1.29 is 4.79 Å². The highest BCUT2D eigenvalue weighted by molar-refractivity contribution is 8.00. The first-order valence-corrected chi connectivity index (χ1v) is 7.36. The lowest BCUT2D eigenvalue weighted by Crippen LogP contribution is -2.25. The lowest BCUT2D eigenvalue weighted by Gasteiger charge is -2.10. The molecule has 0 fully saturated rings. The van der Waals surface area contributed by atoms with E-state index in [0.717, 1.165) is 28.4 Å². The molecule has 0 aromatic heterocycles. The maximum absolute atomic E-state index is 11.5. The van der Waals surface area contributed by atoms with E-state index >= 15 is 0 Å². The largest absolute Gasteiger partial charge is 0.355 e. The van der Waals surface area contributed by atoms with Crippen molar-refractivity contribution >= 4 is 29.3 Å². The summed E-state index contributed by atoms with van der Waals surface area (Å²) in [5.74, 6) is 0.495. The number of carbonyl (C=O) groups is 1. The molecule has 0 saturated carbocycles. The summed E-state index contributed by atoms with van der Waals surface area (Å²) in [6.45, 7) is 3.48. The highest BCUT2D eigenvalue weighted by atomic mass is 35.5. The van der Waals surface area contributed by atoms with Gasteiger partial charge >= 0.3 is 0 Å². The fourth-order valence-electron chi connectivity index (χ4n) is 1.48. The molecule has 18 heavy (non-hydrogen) atoms. The molecular weight excluding hydrogens is 268 g/mol. The Hall–Kier alpha value is -0.710. The summed E-state index contributed by atoms with van der Waals surface area (Å²) in [6, 6.07) is 5.78. The molecule has 1 aromatic carbocycles. The van der Waals surface area contributed by atoms with Crippen molar-refractivity contribution in [1.82, 2.24) is 10.6 Å². The molecule has 100 valence electrons. The molecule has 0 aliphatic carbocycles. The first-order valence-electron chi connectivity index (χ1n) is 6.00. The van der Waals surface area contributed by atoms with Gasteiger partial charge in [0.05, 0.1) is 5.75 Å². The van der Waals surface area contributed by atoms with Crippen LogP contribution in [0.25, 0.3) is 0 Å². The molecule has 0 bridgehead atoms. The number of benzene rings is 1. The molecule has 5 heteroatoms. The fraction of sp³-hybridized carbons (Fsp3) is 0.462. The molecule has 0 aliphatic heterocycles. The molecular formula is C13H19ClN2OS. The van der Waals surface area contributed by atoms with Crippen LogP contribution in [-0.4, -0.2) is 25.3 Å². The Bertz CT molecular complexity index is 399. The average Bonchev–Trinajstić information content (AvgIpc) is 2.37. The van der Waals surface area contributed by atoms with E-state index in [0.29, 0.717) is 12.3 Å². The van der Waals surface area contributed by atoms with Crippen LogP contribution in [0.4, 0.5) is 0 Å². The number of thioether (sulfide) groups is 1. The van der Waals surface area contributed by atoms with Gasteiger partial charge in [-0.05, 0) is 31.2 Å². The van der Waals surface area contributed by atoms with Crippen molar-refractivity contribution in [3.8, 4) is 0 Å². The van der Waals surface area contributed by atoms with Gasteiger partial charge in [0.15, 0.2) is 0 Å². The Morgan fingerprint density at radius 2 is 2.22 bits per heavy atom. The van der Waals surface area contributed by atoms with Crippen LogP contribution in [0, 0.1) is 0 Å². The van der Waals surface area contributed by atoms with E-state index in [1.54, 1.807) is 0 Å². The monoisotopic (exact) mass is 286 g/mol. The molecule has 3 nitrogen and oxygen atoms in total. The summed E-state index contributed by atoms with van der Waals surface area (Å²) in [7, 11) is 1.88. The molecule has 0 unspecified atom stereocenters. The Balaban J connectivity index is 2.61. The van der Waals surface area contributed by atoms with Crippen molar-refractivity contribution in [3.63, 3.8) is 0 Å². The summed E-state index contributed by atoms with van der Waals surface area (Å²) in [5.41, 5.74) is 1.05. The lowest BCUT2D eigenvalue weighted by atomic mass is 10.2. The van der Waals surface area contributed by atoms with Crippen molar-refractivity contribution in [2.24, 2.45) is 0 Å². The van der Waals surface area contributed by atoms with E-state index in [4.69, 9.17) is 11.6 Å². The summed E-state index contributed by atoms with van der Waals surface area (Å²) < 4.78 is 0. The summed E-state index contributed by atoms with van der Waals surface area (Å²) >= 11 is 7.68. The quantitative estimate of drug-likeness (QED) is 0.757. The number of amides is 1. The average molecular weight is 287 g/mol. The van der Waals surface area contributed by atoms with Crippen molar-refractivity contribution in [2.75, 3.05) is 19.3 Å². The molecule has 0 spiro atoms. The van der Waals surface area contributed by atoms with E-state index in [1.165, 1.54) is 11.8 Å². The highest BCUT2D eigenvalue weighted by Gasteiger charge is 2.08. The second-order valence-corrected chi connectivity index (χ2v) is 5.31. The van der Waals surface area contributed by atoms with Crippen LogP contribution in [-0.2, 0) is 11.3 Å². The summed E-state index contributed by atoms with van der Waals surface area (Å²) in [4.78, 5) is 12.6. The molecule has 0 atom stereocenters. The maximum atomic E-state index is 11.5. The SMILES string of the molecule is CCCNC(=O)CSc1cccc(Cl)c1CNC. The van der Waals surface area contributed by atoms with Crippen LogP contribution < -0.4 is 10.6 Å². The fourth-order valence-corrected chi connectivity index (χ4v) is 2.70. The van der Waals surface area contributed by atoms with Gasteiger partial charge in [-0.2, -0.15) is 0 Å². The summed E-state index contributed by atoms with van der Waals surface area (Å²) in [6.07, 6.45) is 0.957. The number of halogens is 1. The Morgan fingerprint density at radius 1 is 1.44 bits per heavy atom. The smallest absolute Gasteiger partial charge is 0.230 e. The van der Waals surface area contributed by atoms with Crippen LogP contribution in [0.5, 0.6) is 0 Å². The van der Waals surface area contributed by atoms with E-state index in [9.17, 15) is 4.79 Å². The predicted octanol–water partition coefficient (Wildman–Crippen LogP) is 2.68. The van der Waals surface area contributed by atoms with Crippen molar-refractivity contribution in [2.45, 2.75) is 24.8 Å². The minimum absolute atomic E-state index is 0.0669. The van der Waals surface area contributed by atoms with E-state index in [2.05, 4.69) is 10.6 Å². The molecule has 0 aliphatic rings. The van der Waals surface area contributed by atoms with Crippen LogP contribution in [0.15, 0.2) is 23.1 Å². The van der Waals surface area contributed by atoms with Gasteiger partial charge in [0.2, 0.25) is 5.91 Å². The van der Waals surface area contributed by atoms with Gasteiger partial charge in [-0.25, -0.2) is 0 Å². The normalized spacial score (nSPS) is 10.4. The number of hydrogen-bond acceptors (Lipinski definition) is 3. The number of rotatable bonds is 7. The molecule has 2 N–H and O–H groups in total. The lowest BCUT2D eigenvalue weighted by molar-refractivity contribution is -0.118. The minimum atomic E-state index is 0.0669. The van der Waals surface area contributed by atoms with Gasteiger partial charge in [-0.3, -0.25) is 4.79 Å². The molecule has 0 saturated heterocycles. The van der Waals surface area contributed by atoms with Crippen molar-refractivity contribution in [3.05, 3.63) is 28.8 Å². The third kappa shape index (κ3) is 4.88. The topological polar surface area (TPSA) is 41.1 Å². The third-order valence-electron chi connectivity index (χ3n) is 2.36. The first kappa shape index (κ1) is 15.3. The molecule has 0 radical (unpaired) electrons. The number of hydrogen-bond donors (Lipinski definition) is 2. The van der Waals surface area contributed by atoms with Crippen LogP contribution in [0.1, 0.15) is 18.9 Å². The van der Waals surface area contributed by atoms with E-state index in [-0.39, 0.29) is 5.91 Å². The molecule has 1 amide bonds. The van der Waals surface area contributed by atoms with E-state index in [1.807, 2.05) is 32.2 Å². The zero-order chi connectivity index (χ0) is 13.4. The summed E-state index contributed by atoms with van der Waals surface area (Å²) in [5, 5.41) is 6.69. The van der Waals surface area contributed by atoms with Crippen LogP contribution in [0.2, 0.25) is 5.02 Å². The Morgan fingerprint density at radius 3 is 2.89 bits per heavy atom. The van der Waals surface area contributed by atoms with Crippen LogP contribution >= 0.6 is 23.4 Å². The minimum Gasteiger partial charge on any atom is -0.355 e. The molecule has 0 heterocycles. The Kier molecular flexibility index (Phi) is 7.16. The van der Waals surface area contributed by atoms with Gasteiger partial charge in [-0.15, -0.1) is 11.8 Å². The number of nitrogens with one attached hydrogen (secondary N) is 2. The second-order valence-electron chi connectivity index (χ2n) is 3.89. The number of carbonyl (C=O) groups excluding carboxylic acids is 1. The van der Waals surface area contributed by atoms with E-state index < -0.39 is 0 Å². The maximum Gasteiger partial charge on any atom is 0.230 e. The first-order chi connectivity index (χ1) is 8.69. The third-order valence-corrected chi connectivity index (χ3v) is 3.81. The van der Waals surface area contributed by atoms with Gasteiger partial charge < -0.3 is 10.6 Å². The molecule has 1 aromatic rings. The zero-order valence-corrected chi connectivity index (χ0v) is 12.3. The second kappa shape index (κ2) is 8.40.